The Morgan fingerprint density at radius 1 is 1.44 bits per heavy atom. The number of aromatic nitrogens is 2. The Morgan fingerprint density at radius 3 is 3.12 bits per heavy atom. The van der Waals surface area contributed by atoms with Crippen molar-refractivity contribution >= 4 is 11.6 Å². The van der Waals surface area contributed by atoms with E-state index in [0.717, 1.165) is 29.4 Å². The summed E-state index contributed by atoms with van der Waals surface area (Å²) in [7, 11) is 0. The molecule has 3 nitrogen and oxygen atoms in total. The average molecular weight is 234 g/mol. The Morgan fingerprint density at radius 2 is 2.31 bits per heavy atom. The van der Waals surface area contributed by atoms with Gasteiger partial charge in [0.25, 0.3) is 0 Å². The van der Waals surface area contributed by atoms with Gasteiger partial charge in [-0.05, 0) is 24.2 Å². The number of fused-ring (bicyclic) bond motifs is 3. The monoisotopic (exact) mass is 233 g/mol. The van der Waals surface area contributed by atoms with E-state index in [1.165, 1.54) is 11.3 Å². The van der Waals surface area contributed by atoms with Gasteiger partial charge in [0.2, 0.25) is 0 Å². The third kappa shape index (κ3) is 1.36. The van der Waals surface area contributed by atoms with Gasteiger partial charge in [-0.3, -0.25) is 0 Å². The summed E-state index contributed by atoms with van der Waals surface area (Å²) in [5, 5.41) is 0.760. The molecule has 1 aliphatic rings. The fourth-order valence-corrected chi connectivity index (χ4v) is 2.39. The maximum Gasteiger partial charge on any atom is 0.140 e. The zero-order chi connectivity index (χ0) is 11.1. The summed E-state index contributed by atoms with van der Waals surface area (Å²) in [6, 6.07) is 5.98. The van der Waals surface area contributed by atoms with Crippen LogP contribution in [-0.4, -0.2) is 16.1 Å². The average Bonchev–Trinajstić information content (AvgIpc) is 2.80. The van der Waals surface area contributed by atoms with Gasteiger partial charge in [0.05, 0.1) is 6.54 Å². The second kappa shape index (κ2) is 3.61. The molecule has 2 N–H and O–H groups in total. The number of imidazole rings is 1. The molecule has 0 saturated carbocycles. The number of halogens is 1. The molecule has 0 unspecified atom stereocenters. The number of nitrogens with zero attached hydrogens (tertiary/aromatic N) is 2. The van der Waals surface area contributed by atoms with Crippen LogP contribution in [0.4, 0.5) is 0 Å². The summed E-state index contributed by atoms with van der Waals surface area (Å²) < 4.78 is 2.22. The summed E-state index contributed by atoms with van der Waals surface area (Å²) in [5.41, 5.74) is 9.21. The van der Waals surface area contributed by atoms with Crippen LogP contribution in [0.3, 0.4) is 0 Å². The first-order chi connectivity index (χ1) is 7.79. The van der Waals surface area contributed by atoms with Crippen molar-refractivity contribution in [2.75, 3.05) is 6.54 Å². The Hall–Kier alpha value is -1.32. The van der Waals surface area contributed by atoms with Gasteiger partial charge in [-0.15, -0.1) is 0 Å². The maximum atomic E-state index is 6.00. The van der Waals surface area contributed by atoms with Gasteiger partial charge >= 0.3 is 0 Å². The minimum atomic E-state index is 0.655. The first kappa shape index (κ1) is 9.87. The number of rotatable bonds is 2. The zero-order valence-corrected chi connectivity index (χ0v) is 9.54. The van der Waals surface area contributed by atoms with Crippen molar-refractivity contribution in [3.63, 3.8) is 0 Å². The van der Waals surface area contributed by atoms with E-state index in [-0.39, 0.29) is 0 Å². The van der Waals surface area contributed by atoms with E-state index in [0.29, 0.717) is 6.54 Å². The van der Waals surface area contributed by atoms with Gasteiger partial charge in [0, 0.05) is 28.9 Å². The van der Waals surface area contributed by atoms with Crippen LogP contribution in [0.1, 0.15) is 11.3 Å². The zero-order valence-electron chi connectivity index (χ0n) is 8.78. The highest BCUT2D eigenvalue weighted by molar-refractivity contribution is 6.30. The Labute approximate surface area is 98.9 Å². The topological polar surface area (TPSA) is 43.8 Å². The van der Waals surface area contributed by atoms with Crippen molar-refractivity contribution in [1.82, 2.24) is 9.55 Å². The van der Waals surface area contributed by atoms with Crippen LogP contribution in [0.15, 0.2) is 24.4 Å². The van der Waals surface area contributed by atoms with Crippen LogP contribution < -0.4 is 5.73 Å². The van der Waals surface area contributed by atoms with Crippen LogP contribution in [0.2, 0.25) is 5.02 Å². The van der Waals surface area contributed by atoms with E-state index < -0.39 is 0 Å². The molecule has 16 heavy (non-hydrogen) atoms. The lowest BCUT2D eigenvalue weighted by Gasteiger charge is -2.02. The fraction of sp³-hybridized carbons (Fsp3) is 0.250. The standard InChI is InChI=1S/C12H12ClN3/c13-9-2-1-8-7-16-10(3-4-14)6-15-12(16)11(8)5-9/h1-2,5-6H,3-4,7,14H2. The molecule has 0 fully saturated rings. The van der Waals surface area contributed by atoms with Gasteiger partial charge in [-0.2, -0.15) is 0 Å². The highest BCUT2D eigenvalue weighted by Gasteiger charge is 2.21. The molecule has 0 saturated heterocycles. The lowest BCUT2D eigenvalue weighted by Crippen LogP contribution is -2.07. The molecule has 82 valence electrons. The van der Waals surface area contributed by atoms with Crippen molar-refractivity contribution in [3.05, 3.63) is 40.7 Å². The van der Waals surface area contributed by atoms with Crippen molar-refractivity contribution in [3.8, 4) is 11.4 Å². The quantitative estimate of drug-likeness (QED) is 0.737. The maximum absolute atomic E-state index is 6.00. The smallest absolute Gasteiger partial charge is 0.140 e. The van der Waals surface area contributed by atoms with Crippen LogP contribution in [0, 0.1) is 0 Å². The molecule has 0 spiro atoms. The van der Waals surface area contributed by atoms with Gasteiger partial charge in [0.15, 0.2) is 0 Å². The Balaban J connectivity index is 2.11. The normalized spacial score (nSPS) is 12.6. The SMILES string of the molecule is NCCc1cnc2n1Cc1ccc(Cl)cc1-2. The van der Waals surface area contributed by atoms with E-state index in [9.17, 15) is 0 Å². The van der Waals surface area contributed by atoms with E-state index in [2.05, 4.69) is 15.6 Å². The molecular formula is C12H12ClN3. The lowest BCUT2D eigenvalue weighted by molar-refractivity contribution is 0.766. The van der Waals surface area contributed by atoms with Crippen LogP contribution in [0.5, 0.6) is 0 Å². The molecule has 2 aromatic rings. The third-order valence-electron chi connectivity index (χ3n) is 2.98. The van der Waals surface area contributed by atoms with E-state index in [1.807, 2.05) is 18.3 Å². The minimum absolute atomic E-state index is 0.655. The summed E-state index contributed by atoms with van der Waals surface area (Å²) in [4.78, 5) is 4.45. The molecule has 1 aromatic heterocycles. The Kier molecular flexibility index (Phi) is 2.23. The van der Waals surface area contributed by atoms with Gasteiger partial charge in [-0.1, -0.05) is 17.7 Å². The highest BCUT2D eigenvalue weighted by Crippen LogP contribution is 2.33. The summed E-state index contributed by atoms with van der Waals surface area (Å²) >= 11 is 6.00. The first-order valence-electron chi connectivity index (χ1n) is 5.33. The predicted octanol–water partition coefficient (Wildman–Crippen LogP) is 2.07. The predicted molar refractivity (Wildman–Crippen MR) is 64.5 cm³/mol. The number of hydrogen-bond donors (Lipinski definition) is 1. The summed E-state index contributed by atoms with van der Waals surface area (Å²) in [6.45, 7) is 1.54. The number of hydrogen-bond acceptors (Lipinski definition) is 2. The van der Waals surface area contributed by atoms with Crippen LogP contribution in [0.25, 0.3) is 11.4 Å². The molecule has 4 heteroatoms. The molecule has 0 atom stereocenters. The van der Waals surface area contributed by atoms with Gasteiger partial charge in [0.1, 0.15) is 5.82 Å². The van der Waals surface area contributed by atoms with E-state index in [4.69, 9.17) is 17.3 Å². The molecule has 0 radical (unpaired) electrons. The van der Waals surface area contributed by atoms with Crippen LogP contribution in [-0.2, 0) is 13.0 Å². The molecule has 0 amide bonds. The molecule has 1 aromatic carbocycles. The summed E-state index contributed by atoms with van der Waals surface area (Å²) in [6.07, 6.45) is 2.78. The molecule has 3 rings (SSSR count). The van der Waals surface area contributed by atoms with Gasteiger partial charge in [-0.25, -0.2) is 4.98 Å². The second-order valence-electron chi connectivity index (χ2n) is 4.00. The van der Waals surface area contributed by atoms with Gasteiger partial charge < -0.3 is 10.3 Å². The lowest BCUT2D eigenvalue weighted by atomic mass is 10.1. The van der Waals surface area contributed by atoms with Crippen molar-refractivity contribution in [2.24, 2.45) is 5.73 Å². The van der Waals surface area contributed by atoms with E-state index in [1.54, 1.807) is 0 Å². The number of benzene rings is 1. The summed E-state index contributed by atoms with van der Waals surface area (Å²) in [5.74, 6) is 1.01. The Bertz CT molecular complexity index is 545. The molecule has 0 bridgehead atoms. The van der Waals surface area contributed by atoms with Crippen LogP contribution >= 0.6 is 11.6 Å². The van der Waals surface area contributed by atoms with Crippen molar-refractivity contribution in [1.29, 1.82) is 0 Å². The minimum Gasteiger partial charge on any atom is -0.330 e. The molecule has 1 aliphatic heterocycles. The molecule has 2 heterocycles. The van der Waals surface area contributed by atoms with Crippen molar-refractivity contribution in [2.45, 2.75) is 13.0 Å². The highest BCUT2D eigenvalue weighted by atomic mass is 35.5. The second-order valence-corrected chi connectivity index (χ2v) is 4.44. The first-order valence-corrected chi connectivity index (χ1v) is 5.70. The largest absolute Gasteiger partial charge is 0.330 e. The molecular weight excluding hydrogens is 222 g/mol. The van der Waals surface area contributed by atoms with E-state index >= 15 is 0 Å². The van der Waals surface area contributed by atoms with Crippen molar-refractivity contribution < 1.29 is 0 Å². The number of nitrogens with two attached hydrogens (primary N) is 1. The third-order valence-corrected chi connectivity index (χ3v) is 3.22. The fourth-order valence-electron chi connectivity index (χ4n) is 2.21. The molecule has 0 aliphatic carbocycles.